The summed E-state index contributed by atoms with van der Waals surface area (Å²) in [6.07, 6.45) is 2.36. The highest BCUT2D eigenvalue weighted by molar-refractivity contribution is 5.90. The molecule has 0 saturated carbocycles. The number of hydrogen-bond acceptors (Lipinski definition) is 8. The van der Waals surface area contributed by atoms with Gasteiger partial charge >= 0.3 is 6.09 Å². The second-order valence-corrected chi connectivity index (χ2v) is 10.4. The number of ether oxygens (including phenoxy) is 2. The maximum absolute atomic E-state index is 13.1. The predicted octanol–water partition coefficient (Wildman–Crippen LogP) is 4.06. The van der Waals surface area contributed by atoms with Gasteiger partial charge in [-0.25, -0.2) is 14.2 Å². The van der Waals surface area contributed by atoms with Crippen LogP contribution in [0, 0.1) is 17.7 Å². The summed E-state index contributed by atoms with van der Waals surface area (Å²) in [5, 5.41) is 8.96. The molecule has 0 aliphatic carbocycles. The molecule has 2 heterocycles. The number of hydrogen-bond donors (Lipinski definition) is 3. The second kappa shape index (κ2) is 12.8. The van der Waals surface area contributed by atoms with Crippen LogP contribution in [0.5, 0.6) is 0 Å². The molecular formula is C28H37FN6O4. The summed E-state index contributed by atoms with van der Waals surface area (Å²) >= 11 is 0. The Labute approximate surface area is 229 Å². The minimum Gasteiger partial charge on any atom is -0.444 e. The number of nitrogens with one attached hydrogen (secondary N) is 3. The zero-order chi connectivity index (χ0) is 28.6. The number of halogens is 1. The third-order valence-corrected chi connectivity index (χ3v) is 6.16. The number of nitrogens with zero attached hydrogens (tertiary/aromatic N) is 3. The van der Waals surface area contributed by atoms with Crippen molar-refractivity contribution in [2.75, 3.05) is 37.9 Å². The van der Waals surface area contributed by atoms with Crippen molar-refractivity contribution in [3.05, 3.63) is 41.8 Å². The van der Waals surface area contributed by atoms with E-state index < -0.39 is 17.2 Å². The van der Waals surface area contributed by atoms with Crippen molar-refractivity contribution in [1.82, 2.24) is 20.2 Å². The fourth-order valence-corrected chi connectivity index (χ4v) is 4.10. The van der Waals surface area contributed by atoms with Gasteiger partial charge in [-0.1, -0.05) is 11.8 Å². The summed E-state index contributed by atoms with van der Waals surface area (Å²) in [5.41, 5.74) is -0.450. The van der Waals surface area contributed by atoms with Gasteiger partial charge < -0.3 is 25.4 Å². The van der Waals surface area contributed by atoms with Gasteiger partial charge in [0.15, 0.2) is 0 Å². The largest absolute Gasteiger partial charge is 0.444 e. The van der Waals surface area contributed by atoms with E-state index in [1.54, 1.807) is 60.2 Å². The Morgan fingerprint density at radius 1 is 1.26 bits per heavy atom. The van der Waals surface area contributed by atoms with Gasteiger partial charge in [-0.05, 0) is 58.4 Å². The number of anilines is 3. The zero-order valence-corrected chi connectivity index (χ0v) is 23.4. The van der Waals surface area contributed by atoms with Gasteiger partial charge in [-0.3, -0.25) is 9.69 Å². The first-order valence-corrected chi connectivity index (χ1v) is 12.8. The Bertz CT molecular complexity index is 1220. The molecule has 0 spiro atoms. The first-order chi connectivity index (χ1) is 18.4. The lowest BCUT2D eigenvalue weighted by Crippen LogP contribution is -2.56. The highest BCUT2D eigenvalue weighted by atomic mass is 19.1. The summed E-state index contributed by atoms with van der Waals surface area (Å²) in [7, 11) is 3.31. The topological polar surface area (TPSA) is 118 Å². The molecule has 1 aliphatic rings. The molecule has 1 aliphatic heterocycles. The van der Waals surface area contributed by atoms with Gasteiger partial charge in [0.2, 0.25) is 11.9 Å². The number of methoxy groups -OCH3 is 1. The Balaban J connectivity index is 1.53. The molecule has 1 aromatic carbocycles. The molecule has 1 saturated heterocycles. The Hall–Kier alpha value is -3.91. The number of benzene rings is 1. The minimum atomic E-state index is -1.07. The molecule has 3 rings (SSSR count). The van der Waals surface area contributed by atoms with Crippen LogP contribution in [-0.2, 0) is 14.3 Å². The van der Waals surface area contributed by atoms with Crippen molar-refractivity contribution in [3.8, 4) is 11.8 Å². The molecule has 2 atom stereocenters. The van der Waals surface area contributed by atoms with Gasteiger partial charge in [0.25, 0.3) is 0 Å². The average molecular weight is 541 g/mol. The molecule has 0 radical (unpaired) electrons. The van der Waals surface area contributed by atoms with Crippen molar-refractivity contribution < 1.29 is 23.5 Å². The quantitative estimate of drug-likeness (QED) is 0.339. The number of likely N-dealkylation sites (tertiary alicyclic amines) is 1. The lowest BCUT2D eigenvalue weighted by atomic mass is 9.97. The van der Waals surface area contributed by atoms with Crippen molar-refractivity contribution in [3.63, 3.8) is 0 Å². The number of carbonyl (C=O) groups excluding carboxylic acids is 2. The highest BCUT2D eigenvalue weighted by Gasteiger charge is 2.51. The third kappa shape index (κ3) is 8.04. The molecule has 1 aromatic heterocycles. The number of aromatic nitrogens is 2. The van der Waals surface area contributed by atoms with E-state index in [1.807, 2.05) is 0 Å². The molecule has 2 amide bonds. The number of rotatable bonds is 8. The van der Waals surface area contributed by atoms with Crippen LogP contribution in [0.25, 0.3) is 0 Å². The summed E-state index contributed by atoms with van der Waals surface area (Å²) in [5.74, 6) is 6.48. The van der Waals surface area contributed by atoms with Crippen molar-refractivity contribution >= 4 is 29.5 Å². The molecule has 3 N–H and O–H groups in total. The van der Waals surface area contributed by atoms with E-state index >= 15 is 0 Å². The maximum atomic E-state index is 13.1. The van der Waals surface area contributed by atoms with Crippen molar-refractivity contribution in [2.45, 2.75) is 64.2 Å². The summed E-state index contributed by atoms with van der Waals surface area (Å²) in [6.45, 7) is 7.79. The van der Waals surface area contributed by atoms with Crippen LogP contribution in [0.4, 0.5) is 26.6 Å². The fraction of sp³-hybridized carbons (Fsp3) is 0.500. The van der Waals surface area contributed by atoms with Crippen LogP contribution in [0.1, 0.15) is 52.5 Å². The van der Waals surface area contributed by atoms with Gasteiger partial charge in [0, 0.05) is 39.2 Å². The number of amides is 2. The Morgan fingerprint density at radius 3 is 2.62 bits per heavy atom. The number of unbranched alkanes of at least 4 members (excludes halogenated alkanes) is 1. The van der Waals surface area contributed by atoms with Gasteiger partial charge in [-0.2, -0.15) is 4.98 Å². The van der Waals surface area contributed by atoms with Crippen molar-refractivity contribution in [1.29, 1.82) is 0 Å². The molecule has 0 unspecified atom stereocenters. The van der Waals surface area contributed by atoms with Gasteiger partial charge in [0.1, 0.15) is 22.8 Å². The summed E-state index contributed by atoms with van der Waals surface area (Å²) < 4.78 is 24.1. The average Bonchev–Trinajstić information content (AvgIpc) is 3.25. The van der Waals surface area contributed by atoms with E-state index in [0.29, 0.717) is 48.8 Å². The molecule has 11 heteroatoms. The maximum Gasteiger partial charge on any atom is 0.411 e. The number of carbonyl (C=O) groups is 2. The second-order valence-electron chi connectivity index (χ2n) is 10.4. The van der Waals surface area contributed by atoms with E-state index in [4.69, 9.17) is 9.47 Å². The monoisotopic (exact) mass is 540 g/mol. The zero-order valence-electron chi connectivity index (χ0n) is 23.4. The van der Waals surface area contributed by atoms with Crippen LogP contribution in [0.3, 0.4) is 0 Å². The van der Waals surface area contributed by atoms with E-state index in [9.17, 15) is 14.0 Å². The van der Waals surface area contributed by atoms with Crippen LogP contribution < -0.4 is 16.0 Å². The molecule has 0 bridgehead atoms. The standard InChI is InChI=1S/C28H37FN6O4/c1-27(2,3)39-26(37)35-18-22(38-6)16-28(35,4)24(36)31-15-9-7-8-10-19-17-32-25(34-23(19)30-5)33-21-13-11-20(29)12-14-21/h11-14,17,22H,7,9,15-16,18H2,1-6H3,(H,31,36)(H2,30,32,33,34)/t22-,28-/m0/s1. The Kier molecular flexibility index (Phi) is 9.70. The first-order valence-electron chi connectivity index (χ1n) is 12.8. The first kappa shape index (κ1) is 29.6. The SMILES string of the molecule is CNc1nc(Nc2ccc(F)cc2)ncc1C#CCCCNC(=O)[C@]1(C)C[C@H](OC)CN1C(=O)OC(C)(C)C. The van der Waals surface area contributed by atoms with E-state index in [2.05, 4.69) is 37.8 Å². The summed E-state index contributed by atoms with van der Waals surface area (Å²) in [4.78, 5) is 36.1. The van der Waals surface area contributed by atoms with E-state index in [0.717, 1.165) is 0 Å². The van der Waals surface area contributed by atoms with Crippen LogP contribution >= 0.6 is 0 Å². The summed E-state index contributed by atoms with van der Waals surface area (Å²) in [6, 6.07) is 5.90. The Morgan fingerprint density at radius 2 is 1.97 bits per heavy atom. The van der Waals surface area contributed by atoms with Gasteiger partial charge in [0.05, 0.1) is 24.4 Å². The lowest BCUT2D eigenvalue weighted by molar-refractivity contribution is -0.131. The van der Waals surface area contributed by atoms with Crippen LogP contribution in [0.15, 0.2) is 30.5 Å². The molecule has 1 fully saturated rings. The lowest BCUT2D eigenvalue weighted by Gasteiger charge is -2.34. The highest BCUT2D eigenvalue weighted by Crippen LogP contribution is 2.32. The van der Waals surface area contributed by atoms with Crippen LogP contribution in [0.2, 0.25) is 0 Å². The minimum absolute atomic E-state index is 0.250. The fourth-order valence-electron chi connectivity index (χ4n) is 4.10. The van der Waals surface area contributed by atoms with E-state index in [1.165, 1.54) is 17.0 Å². The smallest absolute Gasteiger partial charge is 0.411 e. The normalized spacial score (nSPS) is 18.6. The molecule has 210 valence electrons. The van der Waals surface area contributed by atoms with Crippen LogP contribution in [-0.4, -0.2) is 71.4 Å². The third-order valence-electron chi connectivity index (χ3n) is 6.16. The molecule has 39 heavy (non-hydrogen) atoms. The molecule has 10 nitrogen and oxygen atoms in total. The predicted molar refractivity (Wildman–Crippen MR) is 147 cm³/mol. The molecular weight excluding hydrogens is 503 g/mol. The molecule has 2 aromatic rings. The van der Waals surface area contributed by atoms with Gasteiger partial charge in [-0.15, -0.1) is 0 Å². The van der Waals surface area contributed by atoms with Crippen molar-refractivity contribution in [2.24, 2.45) is 0 Å². The van der Waals surface area contributed by atoms with E-state index in [-0.39, 0.29) is 24.4 Å².